The van der Waals surface area contributed by atoms with E-state index < -0.39 is 97.5 Å². The lowest BCUT2D eigenvalue weighted by molar-refractivity contribution is -0.161. The first-order chi connectivity index (χ1) is 48.7. The molecule has 0 saturated heterocycles. The second-order valence-electron chi connectivity index (χ2n) is 26.3. The standard InChI is InChI=1S/C81H142O17P2/c1-5-9-13-17-21-25-29-32-35-36-37-38-41-43-47-50-54-58-62-66-79(84)92-72-77(98-81(86)68-64-60-56-52-48-44-40-34-31-27-23-19-15-11-7-3)74-96-100(89,90)94-70-75(82)69-93-99(87,88)95-73-76(97-80(85)67-63-59-55-51-45-28-24-20-16-12-8-4)71-91-78(83)65-61-57-53-49-46-42-39-33-30-26-22-18-14-10-6-2/h10,14,21-22,25-26,32-33,35,37-39,46,49,57,61,75-77,82H,5-9,11-13,15-20,23-24,27-31,34,36,40-45,47-48,50-56,58-60,62-74H2,1-4H3,(H,87,88)(H,89,90)/b14-10-,25-21-,26-22-,35-32-,38-37-,39-33-,49-46-,61-57-. The third kappa shape index (κ3) is 72.3. The van der Waals surface area contributed by atoms with Crippen molar-refractivity contribution >= 4 is 39.5 Å². The molecule has 578 valence electrons. The molecule has 17 nitrogen and oxygen atoms in total. The number of aliphatic hydroxyl groups excluding tert-OH is 1. The van der Waals surface area contributed by atoms with Crippen LogP contribution in [0.5, 0.6) is 0 Å². The van der Waals surface area contributed by atoms with Gasteiger partial charge in [-0.2, -0.15) is 0 Å². The summed E-state index contributed by atoms with van der Waals surface area (Å²) in [6.07, 6.45) is 77.1. The summed E-state index contributed by atoms with van der Waals surface area (Å²) in [4.78, 5) is 72.8. The highest BCUT2D eigenvalue weighted by atomic mass is 31.2. The molecule has 0 aromatic heterocycles. The molecule has 0 spiro atoms. The number of allylic oxidation sites excluding steroid dienone is 15. The highest BCUT2D eigenvalue weighted by Gasteiger charge is 2.30. The minimum absolute atomic E-state index is 0.0684. The summed E-state index contributed by atoms with van der Waals surface area (Å²) in [6, 6.07) is 0. The number of aliphatic hydroxyl groups is 1. The van der Waals surface area contributed by atoms with Crippen molar-refractivity contribution in [2.75, 3.05) is 39.6 Å². The van der Waals surface area contributed by atoms with Crippen LogP contribution in [-0.4, -0.2) is 96.7 Å². The van der Waals surface area contributed by atoms with Crippen LogP contribution in [-0.2, 0) is 65.4 Å². The number of unbranched alkanes of at least 4 members (excludes halogenated alkanes) is 33. The molecule has 5 unspecified atom stereocenters. The van der Waals surface area contributed by atoms with E-state index >= 15 is 0 Å². The first-order valence-electron chi connectivity index (χ1n) is 39.5. The van der Waals surface area contributed by atoms with Gasteiger partial charge in [-0.1, -0.05) is 318 Å². The van der Waals surface area contributed by atoms with Gasteiger partial charge in [0, 0.05) is 19.3 Å². The van der Waals surface area contributed by atoms with Crippen LogP contribution in [0.1, 0.15) is 336 Å². The maximum atomic E-state index is 13.1. The van der Waals surface area contributed by atoms with E-state index in [2.05, 4.69) is 101 Å². The smallest absolute Gasteiger partial charge is 0.462 e. The molecule has 3 N–H and O–H groups in total. The second kappa shape index (κ2) is 73.3. The van der Waals surface area contributed by atoms with Gasteiger partial charge in [-0.3, -0.25) is 37.3 Å². The zero-order valence-corrected chi connectivity index (χ0v) is 64.9. The van der Waals surface area contributed by atoms with Crippen molar-refractivity contribution in [1.82, 2.24) is 0 Å². The first kappa shape index (κ1) is 96.0. The van der Waals surface area contributed by atoms with Crippen LogP contribution in [0.3, 0.4) is 0 Å². The Labute approximate surface area is 607 Å². The second-order valence-corrected chi connectivity index (χ2v) is 29.2. The number of phosphoric acid groups is 2. The third-order valence-electron chi connectivity index (χ3n) is 16.6. The normalized spacial score (nSPS) is 14.4. The van der Waals surface area contributed by atoms with Crippen LogP contribution >= 0.6 is 15.6 Å². The van der Waals surface area contributed by atoms with Gasteiger partial charge in [0.1, 0.15) is 19.3 Å². The predicted octanol–water partition coefficient (Wildman–Crippen LogP) is 22.8. The van der Waals surface area contributed by atoms with Gasteiger partial charge in [0.15, 0.2) is 12.2 Å². The molecule has 0 fully saturated rings. The quantitative estimate of drug-likeness (QED) is 0.0169. The van der Waals surface area contributed by atoms with Crippen molar-refractivity contribution in [3.8, 4) is 0 Å². The minimum Gasteiger partial charge on any atom is -0.462 e. The Morgan fingerprint density at radius 1 is 0.300 bits per heavy atom. The molecule has 0 aromatic carbocycles. The van der Waals surface area contributed by atoms with Gasteiger partial charge in [-0.05, 0) is 89.9 Å². The van der Waals surface area contributed by atoms with E-state index in [1.807, 2.05) is 18.2 Å². The lowest BCUT2D eigenvalue weighted by Crippen LogP contribution is -2.30. The SMILES string of the molecule is CC/C=C\C/C=C\C/C=C\C/C=C\C/C=C\CC(=O)OCC(COP(=O)(O)OCC(O)COP(=O)(O)OCC(COC(=O)CCCCCCCC/C=C\C/C=C\C/C=C\CCCCC)OC(=O)CCCCCCCCCCCCCCCCC)OC(=O)CCCCCCCCCCCCC. The van der Waals surface area contributed by atoms with Gasteiger partial charge in [-0.15, -0.1) is 0 Å². The fraction of sp³-hybridized carbons (Fsp3) is 0.753. The van der Waals surface area contributed by atoms with Gasteiger partial charge in [-0.25, -0.2) is 9.13 Å². The Morgan fingerprint density at radius 3 is 0.910 bits per heavy atom. The number of carbonyl (C=O) groups excluding carboxylic acids is 4. The molecular weight excluding hydrogens is 1310 g/mol. The van der Waals surface area contributed by atoms with Crippen LogP contribution in [0.25, 0.3) is 0 Å². The van der Waals surface area contributed by atoms with Gasteiger partial charge < -0.3 is 33.8 Å². The average molecular weight is 1450 g/mol. The molecule has 0 aliphatic rings. The number of hydrogen-bond donors (Lipinski definition) is 3. The number of carbonyl (C=O) groups is 4. The van der Waals surface area contributed by atoms with E-state index in [1.165, 1.54) is 122 Å². The Kier molecular flexibility index (Phi) is 70.4. The summed E-state index contributed by atoms with van der Waals surface area (Å²) < 4.78 is 68.4. The van der Waals surface area contributed by atoms with E-state index in [4.69, 9.17) is 37.0 Å². The van der Waals surface area contributed by atoms with Crippen LogP contribution in [0, 0.1) is 0 Å². The molecule has 19 heteroatoms. The molecule has 5 atom stereocenters. The van der Waals surface area contributed by atoms with Crippen LogP contribution < -0.4 is 0 Å². The molecule has 0 amide bonds. The van der Waals surface area contributed by atoms with Crippen molar-refractivity contribution < 1.29 is 80.2 Å². The highest BCUT2D eigenvalue weighted by Crippen LogP contribution is 2.45. The Morgan fingerprint density at radius 2 is 0.560 bits per heavy atom. The summed E-state index contributed by atoms with van der Waals surface area (Å²) in [6.45, 7) is 4.64. The molecule has 0 aliphatic heterocycles. The zero-order valence-electron chi connectivity index (χ0n) is 63.1. The monoisotopic (exact) mass is 1450 g/mol. The van der Waals surface area contributed by atoms with Crippen molar-refractivity contribution in [3.63, 3.8) is 0 Å². The van der Waals surface area contributed by atoms with Crippen molar-refractivity contribution in [3.05, 3.63) is 97.2 Å². The molecule has 0 radical (unpaired) electrons. The number of esters is 4. The lowest BCUT2D eigenvalue weighted by atomic mass is 10.0. The summed E-state index contributed by atoms with van der Waals surface area (Å²) in [5.41, 5.74) is 0. The molecule has 0 aliphatic carbocycles. The van der Waals surface area contributed by atoms with E-state index in [1.54, 1.807) is 6.08 Å². The van der Waals surface area contributed by atoms with E-state index in [0.29, 0.717) is 25.7 Å². The fourth-order valence-electron chi connectivity index (χ4n) is 10.6. The summed E-state index contributed by atoms with van der Waals surface area (Å²) >= 11 is 0. The van der Waals surface area contributed by atoms with E-state index in [9.17, 15) is 43.2 Å². The minimum atomic E-state index is -4.99. The van der Waals surface area contributed by atoms with Crippen molar-refractivity contribution in [2.45, 2.75) is 354 Å². The molecule has 100 heavy (non-hydrogen) atoms. The average Bonchev–Trinajstić information content (AvgIpc) is 0.945. The highest BCUT2D eigenvalue weighted by molar-refractivity contribution is 7.47. The van der Waals surface area contributed by atoms with Gasteiger partial charge in [0.05, 0.1) is 32.8 Å². The predicted molar refractivity (Wildman–Crippen MR) is 409 cm³/mol. The van der Waals surface area contributed by atoms with Gasteiger partial charge >= 0.3 is 39.5 Å². The van der Waals surface area contributed by atoms with Crippen LogP contribution in [0.2, 0.25) is 0 Å². The fourth-order valence-corrected chi connectivity index (χ4v) is 12.2. The summed E-state index contributed by atoms with van der Waals surface area (Å²) in [5, 5.41) is 10.6. The lowest BCUT2D eigenvalue weighted by Gasteiger charge is -2.21. The molecular formula is C81H142O17P2. The van der Waals surface area contributed by atoms with Gasteiger partial charge in [0.2, 0.25) is 0 Å². The van der Waals surface area contributed by atoms with Crippen molar-refractivity contribution in [2.24, 2.45) is 0 Å². The first-order valence-corrected chi connectivity index (χ1v) is 42.5. The topological polar surface area (TPSA) is 237 Å². The number of rotatable bonds is 74. The summed E-state index contributed by atoms with van der Waals surface area (Å²) in [5.74, 6) is -2.32. The Hall–Kier alpha value is -4.02. The molecule has 0 bridgehead atoms. The van der Waals surface area contributed by atoms with Crippen LogP contribution in [0.15, 0.2) is 97.2 Å². The van der Waals surface area contributed by atoms with Crippen LogP contribution in [0.4, 0.5) is 0 Å². The molecule has 0 heterocycles. The summed E-state index contributed by atoms with van der Waals surface area (Å²) in [7, 11) is -9.97. The zero-order chi connectivity index (χ0) is 73.2. The maximum Gasteiger partial charge on any atom is 0.472 e. The van der Waals surface area contributed by atoms with Gasteiger partial charge in [0.25, 0.3) is 0 Å². The maximum absolute atomic E-state index is 13.1. The third-order valence-corrected chi connectivity index (χ3v) is 18.5. The van der Waals surface area contributed by atoms with E-state index in [0.717, 1.165) is 135 Å². The van der Waals surface area contributed by atoms with Crippen molar-refractivity contribution in [1.29, 1.82) is 0 Å². The number of phosphoric ester groups is 2. The largest absolute Gasteiger partial charge is 0.472 e. The number of ether oxygens (including phenoxy) is 4. The molecule has 0 rings (SSSR count). The Bertz CT molecular complexity index is 2270. The Balaban J connectivity index is 5.37. The number of hydrogen-bond acceptors (Lipinski definition) is 15. The molecule has 0 aromatic rings. The molecule has 0 saturated carbocycles. The van der Waals surface area contributed by atoms with E-state index in [-0.39, 0.29) is 25.7 Å².